The molecule has 1 saturated heterocycles. The van der Waals surface area contributed by atoms with Gasteiger partial charge in [-0.25, -0.2) is 4.79 Å². The minimum Gasteiger partial charge on any atom is -0.497 e. The van der Waals surface area contributed by atoms with Gasteiger partial charge >= 0.3 is 12.3 Å². The number of morpholine rings is 1. The molecule has 2 aromatic rings. The van der Waals surface area contributed by atoms with E-state index in [1.807, 2.05) is 6.07 Å². The molecule has 168 valence electrons. The van der Waals surface area contributed by atoms with Crippen LogP contribution in [-0.2, 0) is 9.47 Å². The summed E-state index contributed by atoms with van der Waals surface area (Å²) >= 11 is 5.76. The second-order valence-corrected chi connectivity index (χ2v) is 7.40. The Morgan fingerprint density at radius 2 is 2.03 bits per heavy atom. The zero-order valence-electron chi connectivity index (χ0n) is 16.7. The van der Waals surface area contributed by atoms with Crippen LogP contribution < -0.4 is 10.1 Å². The maximum atomic E-state index is 13.5. The number of benzene rings is 2. The van der Waals surface area contributed by atoms with Crippen LogP contribution in [0.4, 0.5) is 23.7 Å². The van der Waals surface area contributed by atoms with Crippen LogP contribution >= 0.6 is 11.6 Å². The fourth-order valence-corrected chi connectivity index (χ4v) is 3.29. The van der Waals surface area contributed by atoms with Gasteiger partial charge in [0.1, 0.15) is 5.75 Å². The third kappa shape index (κ3) is 6.75. The van der Waals surface area contributed by atoms with Crippen LogP contribution in [0.1, 0.15) is 11.7 Å². The van der Waals surface area contributed by atoms with Gasteiger partial charge in [-0.15, -0.1) is 0 Å². The van der Waals surface area contributed by atoms with E-state index in [2.05, 4.69) is 5.32 Å². The van der Waals surface area contributed by atoms with E-state index < -0.39 is 31.0 Å². The Kier molecular flexibility index (Phi) is 7.64. The molecule has 1 amide bonds. The topological polar surface area (TPSA) is 60.0 Å². The molecule has 1 aliphatic rings. The maximum Gasteiger partial charge on any atom is 0.426 e. The molecule has 31 heavy (non-hydrogen) atoms. The number of carbonyl (C=O) groups excluding carboxylic acids is 1. The van der Waals surface area contributed by atoms with Gasteiger partial charge in [-0.2, -0.15) is 13.2 Å². The van der Waals surface area contributed by atoms with Crippen LogP contribution in [0, 0.1) is 0 Å². The van der Waals surface area contributed by atoms with Crippen molar-refractivity contribution in [2.45, 2.75) is 18.4 Å². The van der Waals surface area contributed by atoms with E-state index in [0.29, 0.717) is 10.8 Å². The number of nitrogens with one attached hydrogen (secondary N) is 1. The molecule has 0 aromatic heterocycles. The van der Waals surface area contributed by atoms with Crippen LogP contribution in [0.3, 0.4) is 0 Å². The number of methoxy groups -OCH3 is 1. The van der Waals surface area contributed by atoms with Gasteiger partial charge < -0.3 is 14.2 Å². The summed E-state index contributed by atoms with van der Waals surface area (Å²) in [6.45, 7) is 0.266. The van der Waals surface area contributed by atoms with Crippen LogP contribution in [0.15, 0.2) is 48.5 Å². The Bertz CT molecular complexity index is 880. The SMILES string of the molecule is COc1cccc([C@H]2CN(CC(OC(=O)Nc3ccc(Cl)cc3)C(F)(F)F)CCO2)c1. The lowest BCUT2D eigenvalue weighted by atomic mass is 10.1. The van der Waals surface area contributed by atoms with Crippen LogP contribution in [0.5, 0.6) is 5.75 Å². The molecule has 0 aliphatic carbocycles. The minimum atomic E-state index is -4.72. The Balaban J connectivity index is 1.63. The number of halogens is 4. The molecule has 2 atom stereocenters. The molecule has 0 saturated carbocycles. The third-order valence-electron chi connectivity index (χ3n) is 4.75. The molecule has 0 bridgehead atoms. The Morgan fingerprint density at radius 3 is 2.71 bits per heavy atom. The Labute approximate surface area is 182 Å². The lowest BCUT2D eigenvalue weighted by molar-refractivity contribution is -0.209. The zero-order chi connectivity index (χ0) is 22.4. The van der Waals surface area contributed by atoms with Crippen molar-refractivity contribution in [2.24, 2.45) is 0 Å². The number of hydrogen-bond donors (Lipinski definition) is 1. The molecular formula is C21H22ClF3N2O4. The molecule has 10 heteroatoms. The van der Waals surface area contributed by atoms with Crippen molar-refractivity contribution in [3.05, 3.63) is 59.1 Å². The van der Waals surface area contributed by atoms with Crippen LogP contribution in [0.25, 0.3) is 0 Å². The standard InChI is InChI=1S/C21H22ClF3N2O4/c1-29-17-4-2-3-14(11-17)18-12-27(9-10-30-18)13-19(21(23,24)25)31-20(28)26-16-7-5-15(22)6-8-16/h2-8,11,18-19H,9-10,12-13H2,1H3,(H,26,28)/t18-,19?/m1/s1. The molecule has 3 rings (SSSR count). The molecule has 1 N–H and O–H groups in total. The van der Waals surface area contributed by atoms with Crippen molar-refractivity contribution >= 4 is 23.4 Å². The highest BCUT2D eigenvalue weighted by Gasteiger charge is 2.44. The normalized spacial score (nSPS) is 18.3. The molecular weight excluding hydrogens is 437 g/mol. The quantitative estimate of drug-likeness (QED) is 0.667. The van der Waals surface area contributed by atoms with Crippen molar-refractivity contribution in [1.82, 2.24) is 4.90 Å². The van der Waals surface area contributed by atoms with E-state index in [4.69, 9.17) is 25.8 Å². The second kappa shape index (κ2) is 10.2. The number of ether oxygens (including phenoxy) is 3. The lowest BCUT2D eigenvalue weighted by Gasteiger charge is -2.35. The average molecular weight is 459 g/mol. The summed E-state index contributed by atoms with van der Waals surface area (Å²) in [5.41, 5.74) is 1.08. The molecule has 0 radical (unpaired) electrons. The van der Waals surface area contributed by atoms with Gasteiger partial charge in [0.2, 0.25) is 6.10 Å². The van der Waals surface area contributed by atoms with E-state index in [-0.39, 0.29) is 25.4 Å². The molecule has 6 nitrogen and oxygen atoms in total. The highest BCUT2D eigenvalue weighted by Crippen LogP contribution is 2.29. The zero-order valence-corrected chi connectivity index (χ0v) is 17.4. The minimum absolute atomic E-state index is 0.224. The summed E-state index contributed by atoms with van der Waals surface area (Å²) in [5.74, 6) is 0.633. The summed E-state index contributed by atoms with van der Waals surface area (Å²) in [6, 6.07) is 13.1. The van der Waals surface area contributed by atoms with Gasteiger partial charge in [-0.05, 0) is 42.0 Å². The van der Waals surface area contributed by atoms with Crippen molar-refractivity contribution in [2.75, 3.05) is 38.7 Å². The first kappa shape index (κ1) is 23.2. The van der Waals surface area contributed by atoms with Gasteiger partial charge in [0, 0.05) is 30.3 Å². The first-order valence-corrected chi connectivity index (χ1v) is 9.90. The van der Waals surface area contributed by atoms with E-state index >= 15 is 0 Å². The number of anilines is 1. The third-order valence-corrected chi connectivity index (χ3v) is 5.00. The summed E-state index contributed by atoms with van der Waals surface area (Å²) in [4.78, 5) is 13.6. The smallest absolute Gasteiger partial charge is 0.426 e. The lowest BCUT2D eigenvalue weighted by Crippen LogP contribution is -2.48. The van der Waals surface area contributed by atoms with E-state index in [0.717, 1.165) is 5.56 Å². The average Bonchev–Trinajstić information content (AvgIpc) is 2.74. The predicted octanol–water partition coefficient (Wildman–Crippen LogP) is 4.90. The van der Waals surface area contributed by atoms with Gasteiger partial charge in [0.05, 0.1) is 19.8 Å². The number of alkyl halides is 3. The van der Waals surface area contributed by atoms with E-state index in [9.17, 15) is 18.0 Å². The molecule has 1 aliphatic heterocycles. The van der Waals surface area contributed by atoms with Crippen molar-refractivity contribution in [3.63, 3.8) is 0 Å². The summed E-state index contributed by atoms with van der Waals surface area (Å²) in [6.07, 6.45) is -8.62. The largest absolute Gasteiger partial charge is 0.497 e. The molecule has 1 heterocycles. The van der Waals surface area contributed by atoms with Crippen LogP contribution in [-0.4, -0.2) is 56.6 Å². The Morgan fingerprint density at radius 1 is 1.29 bits per heavy atom. The van der Waals surface area contributed by atoms with Gasteiger partial charge in [-0.3, -0.25) is 10.2 Å². The fraction of sp³-hybridized carbons (Fsp3) is 0.381. The number of rotatable bonds is 6. The van der Waals surface area contributed by atoms with Crippen molar-refractivity contribution < 1.29 is 32.2 Å². The van der Waals surface area contributed by atoms with E-state index in [1.54, 1.807) is 23.1 Å². The van der Waals surface area contributed by atoms with Crippen molar-refractivity contribution in [1.29, 1.82) is 0 Å². The fourth-order valence-electron chi connectivity index (χ4n) is 3.16. The molecule has 2 aromatic carbocycles. The summed E-state index contributed by atoms with van der Waals surface area (Å²) in [7, 11) is 1.54. The van der Waals surface area contributed by atoms with Gasteiger partial charge in [0.25, 0.3) is 0 Å². The van der Waals surface area contributed by atoms with Gasteiger partial charge in [-0.1, -0.05) is 23.7 Å². The van der Waals surface area contributed by atoms with Crippen LogP contribution in [0.2, 0.25) is 5.02 Å². The van der Waals surface area contributed by atoms with Crippen molar-refractivity contribution in [3.8, 4) is 5.75 Å². The number of nitrogens with zero attached hydrogens (tertiary/aromatic N) is 1. The number of amides is 1. The Hall–Kier alpha value is -2.49. The monoisotopic (exact) mass is 458 g/mol. The second-order valence-electron chi connectivity index (χ2n) is 6.96. The highest BCUT2D eigenvalue weighted by molar-refractivity contribution is 6.30. The maximum absolute atomic E-state index is 13.5. The molecule has 1 unspecified atom stereocenters. The number of carbonyl (C=O) groups is 1. The van der Waals surface area contributed by atoms with Gasteiger partial charge in [0.15, 0.2) is 0 Å². The summed E-state index contributed by atoms with van der Waals surface area (Å²) in [5, 5.41) is 2.71. The first-order valence-electron chi connectivity index (χ1n) is 9.52. The molecule has 0 spiro atoms. The number of hydrogen-bond acceptors (Lipinski definition) is 5. The highest BCUT2D eigenvalue weighted by atomic mass is 35.5. The molecule has 1 fully saturated rings. The summed E-state index contributed by atoms with van der Waals surface area (Å²) < 4.78 is 56.3. The van der Waals surface area contributed by atoms with E-state index in [1.165, 1.54) is 31.4 Å². The first-order chi connectivity index (χ1) is 14.7. The predicted molar refractivity (Wildman–Crippen MR) is 110 cm³/mol.